The summed E-state index contributed by atoms with van der Waals surface area (Å²) in [6, 6.07) is 111. The highest BCUT2D eigenvalue weighted by Gasteiger charge is 2.24. The maximum Gasteiger partial charge on any atom is 0.394 e. The molecule has 12 aromatic carbocycles. The van der Waals surface area contributed by atoms with E-state index in [1.807, 2.05) is 266 Å². The highest BCUT2D eigenvalue weighted by molar-refractivity contribution is 5.89. The van der Waals surface area contributed by atoms with Crippen LogP contribution in [0, 0.1) is 56.7 Å². The third-order valence-electron chi connectivity index (χ3n) is 19.9. The summed E-state index contributed by atoms with van der Waals surface area (Å²) < 4.78 is 61.8. The Bertz CT molecular complexity index is 7180. The lowest BCUT2D eigenvalue weighted by molar-refractivity contribution is -0.158. The molecule has 636 valence electrons. The summed E-state index contributed by atoms with van der Waals surface area (Å²) >= 11 is 0. The van der Waals surface area contributed by atoms with E-state index in [0.717, 1.165) is 113 Å². The number of carboxylic acid groups (broad SMARTS) is 1. The van der Waals surface area contributed by atoms with E-state index in [-0.39, 0.29) is 18.1 Å². The zero-order valence-electron chi connectivity index (χ0n) is 70.7. The van der Waals surface area contributed by atoms with E-state index in [9.17, 15) is 13.6 Å². The number of hydrogen-bond acceptors (Lipinski definition) is 17. The number of nitriles is 5. The normalized spacial score (nSPS) is 10.8. The molecule has 0 bridgehead atoms. The molecule has 0 saturated heterocycles. The third-order valence-corrected chi connectivity index (χ3v) is 19.9. The van der Waals surface area contributed by atoms with Crippen molar-refractivity contribution in [2.24, 2.45) is 0 Å². The number of aromatic carboxylic acids is 1. The molecular formula is C104H79F2N17O7. The van der Waals surface area contributed by atoms with Crippen molar-refractivity contribution in [1.29, 1.82) is 26.3 Å². The van der Waals surface area contributed by atoms with Gasteiger partial charge in [-0.15, -0.1) is 0 Å². The molecule has 18 aromatic rings. The van der Waals surface area contributed by atoms with Crippen LogP contribution in [0.2, 0.25) is 0 Å². The number of para-hydroxylation sites is 1. The van der Waals surface area contributed by atoms with Crippen molar-refractivity contribution in [1.82, 2.24) is 58.7 Å². The summed E-state index contributed by atoms with van der Waals surface area (Å²) in [4.78, 5) is 11.1. The molecule has 19 rings (SSSR count). The molecule has 0 radical (unpaired) electrons. The van der Waals surface area contributed by atoms with Crippen molar-refractivity contribution in [2.45, 2.75) is 32.8 Å². The zero-order chi connectivity index (χ0) is 90.9. The van der Waals surface area contributed by atoms with E-state index in [1.165, 1.54) is 17.7 Å². The van der Waals surface area contributed by atoms with Gasteiger partial charge < -0.3 is 28.8 Å². The number of nitrogens with zero attached hydrogens (tertiary/aromatic N) is 17. The van der Waals surface area contributed by atoms with E-state index in [0.29, 0.717) is 52.0 Å². The van der Waals surface area contributed by atoms with Crippen LogP contribution in [0.25, 0.3) is 102 Å². The lowest BCUT2D eigenvalue weighted by Gasteiger charge is -2.13. The first-order chi connectivity index (χ1) is 63.3. The van der Waals surface area contributed by atoms with Crippen LogP contribution in [0.3, 0.4) is 0 Å². The first-order valence-corrected chi connectivity index (χ1v) is 40.5. The maximum absolute atomic E-state index is 12.8. The average molecular weight is 1720 g/mol. The van der Waals surface area contributed by atoms with Gasteiger partial charge in [-0.25, -0.2) is 32.9 Å². The highest BCUT2D eigenvalue weighted by Crippen LogP contribution is 2.35. The quantitative estimate of drug-likeness (QED) is 0.0834. The van der Waals surface area contributed by atoms with Crippen LogP contribution < -0.4 is 23.7 Å². The van der Waals surface area contributed by atoms with E-state index in [1.54, 1.807) is 117 Å². The molecule has 0 spiro atoms. The van der Waals surface area contributed by atoms with Crippen LogP contribution in [0.15, 0.2) is 365 Å². The van der Waals surface area contributed by atoms with Crippen molar-refractivity contribution >= 4 is 5.97 Å². The van der Waals surface area contributed by atoms with Crippen molar-refractivity contribution in [3.63, 3.8) is 0 Å². The molecule has 1 aliphatic heterocycles. The number of carboxylic acids is 1. The smallest absolute Gasteiger partial charge is 0.394 e. The fourth-order valence-electron chi connectivity index (χ4n) is 13.3. The van der Waals surface area contributed by atoms with Crippen molar-refractivity contribution in [2.75, 3.05) is 21.0 Å². The van der Waals surface area contributed by atoms with Gasteiger partial charge in [0, 0.05) is 89.6 Å². The van der Waals surface area contributed by atoms with Gasteiger partial charge in [-0.2, -0.15) is 65.7 Å². The highest BCUT2D eigenvalue weighted by atomic mass is 19.3. The van der Waals surface area contributed by atoms with Crippen LogP contribution in [0.5, 0.6) is 28.7 Å². The number of halogens is 2. The van der Waals surface area contributed by atoms with Gasteiger partial charge >= 0.3 is 12.1 Å². The number of aromatic nitrogens is 12. The van der Waals surface area contributed by atoms with Crippen molar-refractivity contribution in [3.05, 3.63) is 404 Å². The largest absolute Gasteiger partial charge is 0.497 e. The minimum absolute atomic E-state index is 0.0837. The molecule has 0 saturated carbocycles. The number of hydrogen-bond donors (Lipinski definition) is 1. The number of alkyl halides is 2. The second-order valence-corrected chi connectivity index (χ2v) is 29.1. The third kappa shape index (κ3) is 22.9. The Labute approximate surface area is 747 Å². The topological polar surface area (TPSA) is 309 Å². The fourth-order valence-corrected chi connectivity index (χ4v) is 13.3. The fraction of sp³-hybridized carbons (Fsp3) is 0.0769. The van der Waals surface area contributed by atoms with E-state index in [4.69, 9.17) is 50.4 Å². The number of rotatable bonds is 18. The molecule has 0 aliphatic carbocycles. The number of benzene rings is 12. The van der Waals surface area contributed by atoms with E-state index >= 15 is 0 Å². The summed E-state index contributed by atoms with van der Waals surface area (Å²) in [6.07, 6.45) is 8.02. The van der Waals surface area contributed by atoms with Gasteiger partial charge in [0.15, 0.2) is 11.5 Å². The lowest BCUT2D eigenvalue weighted by atomic mass is 10.0. The molecule has 1 aliphatic rings. The summed E-state index contributed by atoms with van der Waals surface area (Å²) in [5.41, 5.74) is 20.3. The molecule has 0 fully saturated rings. The Morgan fingerprint density at radius 3 is 1.01 bits per heavy atom. The first-order valence-electron chi connectivity index (χ1n) is 40.5. The SMILES string of the molecule is CC(C)c1ccc(-n2ccc(-c3cccc(C(=O)O)c3)n2)cc1.CC(F)(F)Oc1ccc(-n2ccc(-c3cccc(C#N)c3)n2)cc1.COc1ccc(-n2ccc(-c3cccc(C#N)c3)n2)cc1.COc1cccc(-n2ccc(-c3cccc(C#N)c3)n2)c1.N#Cc1cccc(-c2ccn(-c3ccc4c(c3)OCO4)n2)c1.N#Cc1cccc(-c2ccn(-c3ccccc3)n2)c1. The molecule has 7 heterocycles. The second-order valence-electron chi connectivity index (χ2n) is 29.1. The van der Waals surface area contributed by atoms with Gasteiger partial charge in [0.05, 0.1) is 146 Å². The van der Waals surface area contributed by atoms with Crippen molar-refractivity contribution in [3.8, 4) is 161 Å². The van der Waals surface area contributed by atoms with Gasteiger partial charge in [-0.05, 0) is 218 Å². The van der Waals surface area contributed by atoms with Gasteiger partial charge in [0.1, 0.15) is 17.2 Å². The lowest BCUT2D eigenvalue weighted by Crippen LogP contribution is -2.19. The van der Waals surface area contributed by atoms with Crippen LogP contribution in [0.4, 0.5) is 8.78 Å². The van der Waals surface area contributed by atoms with Gasteiger partial charge in [-0.1, -0.05) is 123 Å². The Balaban J connectivity index is 0.000000126. The molecule has 6 aromatic heterocycles. The maximum atomic E-state index is 12.8. The summed E-state index contributed by atoms with van der Waals surface area (Å²) in [7, 11) is 3.28. The minimum Gasteiger partial charge on any atom is -0.497 e. The predicted molar refractivity (Wildman–Crippen MR) is 489 cm³/mol. The van der Waals surface area contributed by atoms with E-state index in [2.05, 4.69) is 91.7 Å². The molecular weight excluding hydrogens is 1640 g/mol. The molecule has 26 heteroatoms. The molecule has 0 amide bonds. The summed E-state index contributed by atoms with van der Waals surface area (Å²) in [5.74, 6) is 2.72. The Morgan fingerprint density at radius 1 is 0.346 bits per heavy atom. The molecule has 0 atom stereocenters. The van der Waals surface area contributed by atoms with Crippen LogP contribution in [-0.2, 0) is 0 Å². The zero-order valence-corrected chi connectivity index (χ0v) is 70.7. The Morgan fingerprint density at radius 2 is 0.654 bits per heavy atom. The number of carbonyl (C=O) groups is 1. The van der Waals surface area contributed by atoms with Gasteiger partial charge in [0.25, 0.3) is 0 Å². The van der Waals surface area contributed by atoms with Crippen LogP contribution in [-0.4, -0.2) is 96.9 Å². The standard InChI is InChI=1S/C19H18N2O2.C18H13F2N3O.C17H11N3O2.2C17H13N3O.C16H11N3/c1-13(2)14-6-8-17(9-7-14)21-11-10-18(20-21)15-4-3-5-16(12-15)19(22)23;1-18(19,20)24-16-7-5-15(6-8-16)23-10-9-17(22-23)14-4-2-3-13(11-14)12-21;18-10-12-2-1-3-13(8-12)15-6-7-20(19-15)14-4-5-16-17(9-14)22-11-21-16;1-21-16-7-3-6-15(11-16)20-9-8-17(19-20)14-5-2-4-13(10-14)12-18;1-21-16-7-5-15(6-8-16)20-10-9-17(19-20)14-4-2-3-13(11-14)12-18;17-12-13-5-4-6-14(11-13)16-9-10-19(18-16)15-7-2-1-3-8-15/h3-13H,1-2H3,(H,22,23);2-11H,1H3;1-9H,11H2;2*2-11H,1H3;1-11H. The van der Waals surface area contributed by atoms with Crippen molar-refractivity contribution < 1.29 is 42.4 Å². The Kier molecular flexibility index (Phi) is 28.2. The monoisotopic (exact) mass is 1720 g/mol. The van der Waals surface area contributed by atoms with Crippen LogP contribution >= 0.6 is 0 Å². The van der Waals surface area contributed by atoms with Crippen LogP contribution in [0.1, 0.15) is 70.4 Å². The first kappa shape index (κ1) is 88.0. The number of fused-ring (bicyclic) bond motifs is 1. The van der Waals surface area contributed by atoms with Gasteiger partial charge in [0.2, 0.25) is 6.79 Å². The average Bonchev–Trinajstić information content (AvgIpc) is 1.67. The second kappa shape index (κ2) is 41.7. The van der Waals surface area contributed by atoms with Gasteiger partial charge in [-0.3, -0.25) is 0 Å². The molecule has 24 nitrogen and oxygen atoms in total. The minimum atomic E-state index is -3.22. The number of methoxy groups -OCH3 is 2. The van der Waals surface area contributed by atoms with E-state index < -0.39 is 12.1 Å². The molecule has 0 unspecified atom stereocenters. The molecule has 130 heavy (non-hydrogen) atoms. The Hall–Kier alpha value is -18.3. The summed E-state index contributed by atoms with van der Waals surface area (Å²) in [5, 5.41) is 81.0. The predicted octanol–water partition coefficient (Wildman–Crippen LogP) is 22.2. The number of ether oxygens (including phenoxy) is 5. The molecule has 1 N–H and O–H groups in total. The summed E-state index contributed by atoms with van der Waals surface area (Å²) in [6.45, 7) is 5.27.